The average molecular weight is 420 g/mol. The van der Waals surface area contributed by atoms with E-state index < -0.39 is 10.0 Å². The summed E-state index contributed by atoms with van der Waals surface area (Å²) >= 11 is 0. The SMILES string of the molecule is CCN(CC)S(=O)(=O)c1ccc(CCC(=O)NCC(N)(CC)CC)cc1.Cl. The zero-order valence-corrected chi connectivity index (χ0v) is 18.5. The molecule has 156 valence electrons. The van der Waals surface area contributed by atoms with Crippen LogP contribution in [0.5, 0.6) is 0 Å². The number of amides is 1. The highest BCUT2D eigenvalue weighted by Crippen LogP contribution is 2.17. The second kappa shape index (κ2) is 11.6. The van der Waals surface area contributed by atoms with Crippen molar-refractivity contribution < 1.29 is 13.2 Å². The fourth-order valence-electron chi connectivity index (χ4n) is 2.66. The smallest absolute Gasteiger partial charge is 0.243 e. The molecule has 0 saturated heterocycles. The zero-order chi connectivity index (χ0) is 19.8. The molecule has 6 nitrogen and oxygen atoms in total. The molecule has 1 amide bonds. The van der Waals surface area contributed by atoms with Crippen LogP contribution in [-0.2, 0) is 21.2 Å². The molecule has 0 fully saturated rings. The van der Waals surface area contributed by atoms with Gasteiger partial charge in [0, 0.05) is 31.6 Å². The third-order valence-corrected chi connectivity index (χ3v) is 7.02. The Labute approximate surface area is 170 Å². The number of halogens is 1. The highest BCUT2D eigenvalue weighted by molar-refractivity contribution is 7.89. The number of carbonyl (C=O) groups excluding carboxylic acids is 1. The van der Waals surface area contributed by atoms with Crippen molar-refractivity contribution in [3.8, 4) is 0 Å². The van der Waals surface area contributed by atoms with Crippen molar-refractivity contribution in [2.24, 2.45) is 5.73 Å². The maximum atomic E-state index is 12.5. The van der Waals surface area contributed by atoms with Gasteiger partial charge in [-0.3, -0.25) is 4.79 Å². The molecule has 0 spiro atoms. The van der Waals surface area contributed by atoms with Gasteiger partial charge >= 0.3 is 0 Å². The van der Waals surface area contributed by atoms with E-state index in [0.717, 1.165) is 18.4 Å². The largest absolute Gasteiger partial charge is 0.354 e. The Morgan fingerprint density at radius 3 is 2.04 bits per heavy atom. The van der Waals surface area contributed by atoms with Gasteiger partial charge in [0.25, 0.3) is 0 Å². The van der Waals surface area contributed by atoms with E-state index in [1.54, 1.807) is 24.3 Å². The molecule has 27 heavy (non-hydrogen) atoms. The summed E-state index contributed by atoms with van der Waals surface area (Å²) in [6, 6.07) is 6.77. The van der Waals surface area contributed by atoms with Gasteiger partial charge in [0.2, 0.25) is 15.9 Å². The highest BCUT2D eigenvalue weighted by Gasteiger charge is 2.22. The molecule has 0 aliphatic heterocycles. The molecule has 1 rings (SSSR count). The predicted molar refractivity (Wildman–Crippen MR) is 113 cm³/mol. The lowest BCUT2D eigenvalue weighted by Crippen LogP contribution is -2.49. The maximum Gasteiger partial charge on any atom is 0.243 e. The van der Waals surface area contributed by atoms with Crippen LogP contribution in [0.25, 0.3) is 0 Å². The summed E-state index contributed by atoms with van der Waals surface area (Å²) in [5, 5.41) is 2.89. The van der Waals surface area contributed by atoms with Gasteiger partial charge in [-0.25, -0.2) is 8.42 Å². The topological polar surface area (TPSA) is 92.5 Å². The van der Waals surface area contributed by atoms with Crippen LogP contribution in [0.3, 0.4) is 0 Å². The molecule has 0 unspecified atom stereocenters. The number of nitrogens with two attached hydrogens (primary N) is 1. The molecule has 0 heterocycles. The Hall–Kier alpha value is -1.15. The van der Waals surface area contributed by atoms with Crippen molar-refractivity contribution >= 4 is 28.3 Å². The quantitative estimate of drug-likeness (QED) is 0.576. The summed E-state index contributed by atoms with van der Waals surface area (Å²) in [6.45, 7) is 9.03. The maximum absolute atomic E-state index is 12.5. The van der Waals surface area contributed by atoms with Crippen molar-refractivity contribution in [2.45, 2.75) is 63.8 Å². The first-order valence-corrected chi connectivity index (χ1v) is 10.8. The van der Waals surface area contributed by atoms with Gasteiger partial charge < -0.3 is 11.1 Å². The van der Waals surface area contributed by atoms with Gasteiger partial charge in [-0.05, 0) is 37.0 Å². The van der Waals surface area contributed by atoms with Gasteiger partial charge in [-0.2, -0.15) is 4.31 Å². The van der Waals surface area contributed by atoms with Gasteiger partial charge in [0.15, 0.2) is 0 Å². The van der Waals surface area contributed by atoms with E-state index in [9.17, 15) is 13.2 Å². The number of carbonyl (C=O) groups is 1. The third kappa shape index (κ3) is 7.41. The number of rotatable bonds is 11. The van der Waals surface area contributed by atoms with Crippen molar-refractivity contribution in [3.63, 3.8) is 0 Å². The molecule has 0 atom stereocenters. The van der Waals surface area contributed by atoms with Gasteiger partial charge in [0.05, 0.1) is 4.90 Å². The summed E-state index contributed by atoms with van der Waals surface area (Å²) in [6.07, 6.45) is 2.54. The van der Waals surface area contributed by atoms with E-state index in [0.29, 0.717) is 32.5 Å². The van der Waals surface area contributed by atoms with Crippen LogP contribution in [0.1, 0.15) is 52.5 Å². The lowest BCUT2D eigenvalue weighted by molar-refractivity contribution is -0.121. The van der Waals surface area contributed by atoms with Crippen LogP contribution in [0.2, 0.25) is 0 Å². The molecule has 0 aliphatic rings. The summed E-state index contributed by atoms with van der Waals surface area (Å²) in [4.78, 5) is 12.3. The van der Waals surface area contributed by atoms with E-state index in [1.165, 1.54) is 4.31 Å². The van der Waals surface area contributed by atoms with Gasteiger partial charge in [0.1, 0.15) is 0 Å². The van der Waals surface area contributed by atoms with Gasteiger partial charge in [-0.15, -0.1) is 12.4 Å². The Morgan fingerprint density at radius 2 is 1.59 bits per heavy atom. The number of benzene rings is 1. The Morgan fingerprint density at radius 1 is 1.07 bits per heavy atom. The second-order valence-corrected chi connectivity index (χ2v) is 8.52. The van der Waals surface area contributed by atoms with Crippen LogP contribution in [0.4, 0.5) is 0 Å². The standard InChI is InChI=1S/C19H33N3O3S.ClH/c1-5-19(20,6-2)15-21-18(23)14-11-16-9-12-17(13-10-16)26(24,25)22(7-3)8-4;/h9-10,12-13H,5-8,11,14-15,20H2,1-4H3,(H,21,23);1H. The second-order valence-electron chi connectivity index (χ2n) is 6.58. The minimum atomic E-state index is -3.44. The minimum Gasteiger partial charge on any atom is -0.354 e. The number of nitrogens with one attached hydrogen (secondary N) is 1. The highest BCUT2D eigenvalue weighted by atomic mass is 35.5. The number of hydrogen-bond donors (Lipinski definition) is 2. The van der Waals surface area contributed by atoms with Crippen molar-refractivity contribution in [3.05, 3.63) is 29.8 Å². The van der Waals surface area contributed by atoms with E-state index in [4.69, 9.17) is 5.73 Å². The number of nitrogens with zero attached hydrogens (tertiary/aromatic N) is 1. The molecule has 0 radical (unpaired) electrons. The van der Waals surface area contributed by atoms with Crippen LogP contribution < -0.4 is 11.1 Å². The van der Waals surface area contributed by atoms with Crippen LogP contribution in [0, 0.1) is 0 Å². The minimum absolute atomic E-state index is 0. The fourth-order valence-corrected chi connectivity index (χ4v) is 4.12. The van der Waals surface area contributed by atoms with Crippen molar-refractivity contribution in [1.29, 1.82) is 0 Å². The molecular weight excluding hydrogens is 386 g/mol. The monoisotopic (exact) mass is 419 g/mol. The van der Waals surface area contributed by atoms with E-state index >= 15 is 0 Å². The zero-order valence-electron chi connectivity index (χ0n) is 16.8. The third-order valence-electron chi connectivity index (χ3n) is 4.95. The normalized spacial score (nSPS) is 11.9. The number of hydrogen-bond acceptors (Lipinski definition) is 4. The molecule has 1 aromatic carbocycles. The molecule has 8 heteroatoms. The van der Waals surface area contributed by atoms with Gasteiger partial charge in [-0.1, -0.05) is 39.8 Å². The first kappa shape index (κ1) is 25.9. The van der Waals surface area contributed by atoms with Crippen LogP contribution in [-0.4, -0.2) is 43.8 Å². The number of aryl methyl sites for hydroxylation is 1. The lowest BCUT2D eigenvalue weighted by Gasteiger charge is -2.26. The lowest BCUT2D eigenvalue weighted by atomic mass is 9.94. The Balaban J connectivity index is 0.00000676. The Kier molecular flexibility index (Phi) is 11.1. The molecule has 0 aliphatic carbocycles. The van der Waals surface area contributed by atoms with E-state index in [1.807, 2.05) is 27.7 Å². The van der Waals surface area contributed by atoms with E-state index in [-0.39, 0.29) is 28.7 Å². The van der Waals surface area contributed by atoms with Crippen LogP contribution >= 0.6 is 12.4 Å². The summed E-state index contributed by atoms with van der Waals surface area (Å²) in [5.41, 5.74) is 6.76. The fraction of sp³-hybridized carbons (Fsp3) is 0.632. The van der Waals surface area contributed by atoms with E-state index in [2.05, 4.69) is 5.32 Å². The summed E-state index contributed by atoms with van der Waals surface area (Å²) < 4.78 is 26.3. The molecule has 0 aromatic heterocycles. The number of sulfonamides is 1. The molecular formula is C19H34ClN3O3S. The first-order chi connectivity index (χ1) is 12.2. The summed E-state index contributed by atoms with van der Waals surface area (Å²) in [5.74, 6) is -0.0402. The van der Waals surface area contributed by atoms with Crippen molar-refractivity contribution in [2.75, 3.05) is 19.6 Å². The first-order valence-electron chi connectivity index (χ1n) is 9.37. The summed E-state index contributed by atoms with van der Waals surface area (Å²) in [7, 11) is -3.44. The molecule has 1 aromatic rings. The average Bonchev–Trinajstić information content (AvgIpc) is 2.65. The molecule has 0 saturated carbocycles. The predicted octanol–water partition coefficient (Wildman–Crippen LogP) is 2.71. The van der Waals surface area contributed by atoms with Crippen LogP contribution in [0.15, 0.2) is 29.2 Å². The van der Waals surface area contributed by atoms with Crippen molar-refractivity contribution in [1.82, 2.24) is 9.62 Å². The molecule has 3 N–H and O–H groups in total. The molecule has 0 bridgehead atoms. The Bertz CT molecular complexity index is 670.